The molecule has 0 aromatic heterocycles. The van der Waals surface area contributed by atoms with E-state index in [-0.39, 0.29) is 9.79 Å². The summed E-state index contributed by atoms with van der Waals surface area (Å²) in [7, 11) is -3.76. The maximum Gasteiger partial charge on any atom is 0.252 e. The summed E-state index contributed by atoms with van der Waals surface area (Å²) in [5.74, 6) is 1.81. The van der Waals surface area contributed by atoms with Crippen molar-refractivity contribution >= 4 is 43.5 Å². The van der Waals surface area contributed by atoms with Crippen LogP contribution in [0.15, 0.2) is 107 Å². The SMILES string of the molecule is O=C(Cl)c1ccc(Oc2ccc(S(=O)(=O)c3ccc(Oc4ccc(C(=O)Cl)cc4)cc3)cc2)cc1. The summed E-state index contributed by atoms with van der Waals surface area (Å²) in [5, 5.41) is -1.13. The van der Waals surface area contributed by atoms with Crippen LogP contribution in [0.25, 0.3) is 0 Å². The van der Waals surface area contributed by atoms with E-state index < -0.39 is 20.3 Å². The van der Waals surface area contributed by atoms with Crippen molar-refractivity contribution in [3.05, 3.63) is 108 Å². The summed E-state index contributed by atoms with van der Waals surface area (Å²) in [6, 6.07) is 24.5. The van der Waals surface area contributed by atoms with E-state index in [1.54, 1.807) is 48.5 Å². The van der Waals surface area contributed by atoms with Gasteiger partial charge in [-0.3, -0.25) is 9.59 Å². The van der Waals surface area contributed by atoms with Gasteiger partial charge in [-0.15, -0.1) is 0 Å². The third-order valence-corrected chi connectivity index (χ3v) is 7.12. The second-order valence-electron chi connectivity index (χ2n) is 7.25. The maximum atomic E-state index is 13.0. The number of ether oxygens (including phenoxy) is 2. The highest BCUT2D eigenvalue weighted by Gasteiger charge is 2.18. The zero-order valence-corrected chi connectivity index (χ0v) is 20.2. The predicted molar refractivity (Wildman–Crippen MR) is 132 cm³/mol. The first kappa shape index (κ1) is 24.5. The minimum atomic E-state index is -3.76. The highest BCUT2D eigenvalue weighted by atomic mass is 35.5. The molecule has 0 saturated heterocycles. The summed E-state index contributed by atoms with van der Waals surface area (Å²) < 4.78 is 37.4. The van der Waals surface area contributed by atoms with E-state index in [9.17, 15) is 18.0 Å². The topological polar surface area (TPSA) is 86.7 Å². The molecule has 0 aliphatic carbocycles. The second kappa shape index (κ2) is 10.3. The lowest BCUT2D eigenvalue weighted by atomic mass is 10.2. The van der Waals surface area contributed by atoms with Gasteiger partial charge < -0.3 is 9.47 Å². The van der Waals surface area contributed by atoms with Crippen LogP contribution in [-0.4, -0.2) is 18.9 Å². The molecule has 0 saturated carbocycles. The van der Waals surface area contributed by atoms with E-state index in [1.807, 2.05) is 0 Å². The molecule has 0 bridgehead atoms. The predicted octanol–water partition coefficient (Wildman–Crippen LogP) is 6.86. The molecule has 4 rings (SSSR count). The number of hydrogen-bond donors (Lipinski definition) is 0. The fraction of sp³-hybridized carbons (Fsp3) is 0. The van der Waals surface area contributed by atoms with Crippen LogP contribution in [0.4, 0.5) is 0 Å². The number of rotatable bonds is 8. The van der Waals surface area contributed by atoms with Crippen molar-refractivity contribution < 1.29 is 27.5 Å². The number of carbonyl (C=O) groups excluding carboxylic acids is 2. The zero-order chi connectivity index (χ0) is 25.0. The molecule has 0 heterocycles. The average Bonchev–Trinajstić information content (AvgIpc) is 2.85. The van der Waals surface area contributed by atoms with Crippen LogP contribution >= 0.6 is 23.2 Å². The highest BCUT2D eigenvalue weighted by molar-refractivity contribution is 7.91. The Hall–Kier alpha value is -3.65. The Bertz CT molecular complexity index is 1350. The third-order valence-electron chi connectivity index (χ3n) is 4.90. The number of halogens is 2. The first-order valence-corrected chi connectivity index (χ1v) is 12.4. The van der Waals surface area contributed by atoms with Gasteiger partial charge in [-0.25, -0.2) is 8.42 Å². The fourth-order valence-corrected chi connectivity index (χ4v) is 4.60. The Morgan fingerprint density at radius 2 is 0.743 bits per heavy atom. The Kier molecular flexibility index (Phi) is 7.21. The van der Waals surface area contributed by atoms with Crippen LogP contribution in [0, 0.1) is 0 Å². The summed E-state index contributed by atoms with van der Waals surface area (Å²) in [5.41, 5.74) is 0.690. The smallest absolute Gasteiger partial charge is 0.252 e. The molecule has 9 heteroatoms. The first-order valence-electron chi connectivity index (χ1n) is 10.1. The van der Waals surface area contributed by atoms with Gasteiger partial charge in [-0.05, 0) is 120 Å². The zero-order valence-electron chi connectivity index (χ0n) is 17.9. The monoisotopic (exact) mass is 526 g/mol. The van der Waals surface area contributed by atoms with Gasteiger partial charge in [0.25, 0.3) is 10.5 Å². The number of carbonyl (C=O) groups is 2. The normalized spacial score (nSPS) is 11.0. The second-order valence-corrected chi connectivity index (χ2v) is 9.88. The molecule has 0 N–H and O–H groups in total. The highest BCUT2D eigenvalue weighted by Crippen LogP contribution is 2.29. The average molecular weight is 527 g/mol. The van der Waals surface area contributed by atoms with Crippen LogP contribution in [0.1, 0.15) is 20.7 Å². The molecule has 4 aromatic rings. The molecule has 0 radical (unpaired) electrons. The molecule has 0 spiro atoms. The number of sulfone groups is 1. The van der Waals surface area contributed by atoms with Crippen molar-refractivity contribution in [2.45, 2.75) is 9.79 Å². The van der Waals surface area contributed by atoms with Crippen molar-refractivity contribution in [2.24, 2.45) is 0 Å². The van der Waals surface area contributed by atoms with Crippen molar-refractivity contribution in [2.75, 3.05) is 0 Å². The molecule has 0 amide bonds. The Morgan fingerprint density at radius 3 is 1.00 bits per heavy atom. The molecule has 0 aliphatic heterocycles. The van der Waals surface area contributed by atoms with Gasteiger partial charge in [0.1, 0.15) is 23.0 Å². The van der Waals surface area contributed by atoms with E-state index in [0.717, 1.165) is 0 Å². The molecular weight excluding hydrogens is 511 g/mol. The summed E-state index contributed by atoms with van der Waals surface area (Å²) in [4.78, 5) is 22.5. The lowest BCUT2D eigenvalue weighted by Crippen LogP contribution is -2.01. The molecule has 0 fully saturated rings. The fourth-order valence-electron chi connectivity index (χ4n) is 3.09. The number of hydrogen-bond acceptors (Lipinski definition) is 6. The van der Waals surface area contributed by atoms with Crippen LogP contribution in [0.5, 0.6) is 23.0 Å². The van der Waals surface area contributed by atoms with Gasteiger partial charge in [0.05, 0.1) is 9.79 Å². The summed E-state index contributed by atoms with van der Waals surface area (Å²) in [6.45, 7) is 0. The van der Waals surface area contributed by atoms with Crippen LogP contribution in [-0.2, 0) is 9.84 Å². The quantitative estimate of drug-likeness (QED) is 0.233. The van der Waals surface area contributed by atoms with Gasteiger partial charge in [-0.2, -0.15) is 0 Å². The standard InChI is InChI=1S/C26H16Cl2O6S/c27-25(29)17-1-5-19(6-2-17)33-21-9-13-23(14-10-21)35(31,32)24-15-11-22(12-16-24)34-20-7-3-18(4-8-20)26(28)30/h1-16H. The minimum Gasteiger partial charge on any atom is -0.457 e. The van der Waals surface area contributed by atoms with E-state index >= 15 is 0 Å². The van der Waals surface area contributed by atoms with E-state index in [4.69, 9.17) is 32.7 Å². The first-order chi connectivity index (χ1) is 16.7. The molecular formula is C26H16Cl2O6S. The van der Waals surface area contributed by atoms with Crippen LogP contribution in [0.3, 0.4) is 0 Å². The van der Waals surface area contributed by atoms with Gasteiger partial charge in [0.15, 0.2) is 0 Å². The molecule has 0 atom stereocenters. The van der Waals surface area contributed by atoms with Gasteiger partial charge >= 0.3 is 0 Å². The van der Waals surface area contributed by atoms with Crippen molar-refractivity contribution in [3.63, 3.8) is 0 Å². The third kappa shape index (κ3) is 5.89. The minimum absolute atomic E-state index is 0.0999. The van der Waals surface area contributed by atoms with Crippen molar-refractivity contribution in [1.82, 2.24) is 0 Å². The van der Waals surface area contributed by atoms with E-state index in [2.05, 4.69) is 0 Å². The van der Waals surface area contributed by atoms with Crippen LogP contribution < -0.4 is 9.47 Å². The lowest BCUT2D eigenvalue weighted by molar-refractivity contribution is 0.107. The van der Waals surface area contributed by atoms with Gasteiger partial charge in [0, 0.05) is 11.1 Å². The van der Waals surface area contributed by atoms with E-state index in [0.29, 0.717) is 34.1 Å². The largest absolute Gasteiger partial charge is 0.457 e. The summed E-state index contributed by atoms with van der Waals surface area (Å²) in [6.07, 6.45) is 0. The Morgan fingerprint density at radius 1 is 0.486 bits per heavy atom. The van der Waals surface area contributed by atoms with Crippen molar-refractivity contribution in [1.29, 1.82) is 0 Å². The molecule has 0 aliphatic rings. The molecule has 0 unspecified atom stereocenters. The summed E-state index contributed by atoms with van der Waals surface area (Å²) >= 11 is 10.9. The molecule has 176 valence electrons. The van der Waals surface area contributed by atoms with Gasteiger partial charge in [-0.1, -0.05) is 0 Å². The molecule has 6 nitrogen and oxygen atoms in total. The van der Waals surface area contributed by atoms with Crippen LogP contribution in [0.2, 0.25) is 0 Å². The Labute approximate surface area is 211 Å². The lowest BCUT2D eigenvalue weighted by Gasteiger charge is -2.09. The molecule has 4 aromatic carbocycles. The van der Waals surface area contributed by atoms with E-state index in [1.165, 1.54) is 48.5 Å². The van der Waals surface area contributed by atoms with Crippen molar-refractivity contribution in [3.8, 4) is 23.0 Å². The van der Waals surface area contributed by atoms with Gasteiger partial charge in [0.2, 0.25) is 9.84 Å². The molecule has 35 heavy (non-hydrogen) atoms. The Balaban J connectivity index is 1.44. The number of benzene rings is 4. The maximum absolute atomic E-state index is 13.0.